The van der Waals surface area contributed by atoms with Gasteiger partial charge in [-0.25, -0.2) is 8.42 Å². The molecule has 7 nitrogen and oxygen atoms in total. The lowest BCUT2D eigenvalue weighted by atomic mass is 10.1. The van der Waals surface area contributed by atoms with Crippen molar-refractivity contribution >= 4 is 21.7 Å². The number of hydrogen-bond donors (Lipinski definition) is 1. The lowest BCUT2D eigenvalue weighted by Gasteiger charge is -2.32. The molecule has 0 radical (unpaired) electrons. The largest absolute Gasteiger partial charge is 0.497 e. The molecule has 1 saturated heterocycles. The van der Waals surface area contributed by atoms with E-state index in [0.29, 0.717) is 37.2 Å². The van der Waals surface area contributed by atoms with Gasteiger partial charge in [0.05, 0.1) is 24.7 Å². The summed E-state index contributed by atoms with van der Waals surface area (Å²) in [5.74, 6) is 0.296. The van der Waals surface area contributed by atoms with Gasteiger partial charge in [-0.15, -0.1) is 0 Å². The number of sulfone groups is 1. The van der Waals surface area contributed by atoms with Crippen LogP contribution in [0.25, 0.3) is 0 Å². The summed E-state index contributed by atoms with van der Waals surface area (Å²) in [6.45, 7) is 4.47. The fourth-order valence-electron chi connectivity index (χ4n) is 3.20. The number of ether oxygens (including phenoxy) is 1. The van der Waals surface area contributed by atoms with E-state index in [2.05, 4.69) is 5.32 Å². The Balaban J connectivity index is 1.83. The van der Waals surface area contributed by atoms with Crippen molar-refractivity contribution in [3.63, 3.8) is 0 Å². The number of nitrogens with zero attached hydrogens (tertiary/aromatic N) is 1. The second kappa shape index (κ2) is 9.21. The highest BCUT2D eigenvalue weighted by Gasteiger charge is 2.31. The number of methoxy groups -OCH3 is 1. The molecular formula is C19H28N2O5S. The Bertz CT molecular complexity index is 768. The monoisotopic (exact) mass is 396 g/mol. The first-order chi connectivity index (χ1) is 12.7. The van der Waals surface area contributed by atoms with Crippen molar-refractivity contribution in [1.29, 1.82) is 0 Å². The molecule has 1 aromatic carbocycles. The van der Waals surface area contributed by atoms with E-state index in [1.54, 1.807) is 29.2 Å². The van der Waals surface area contributed by atoms with Crippen molar-refractivity contribution in [1.82, 2.24) is 10.2 Å². The minimum Gasteiger partial charge on any atom is -0.497 e. The number of rotatable bonds is 7. The molecule has 0 spiro atoms. The smallest absolute Gasteiger partial charge is 0.251 e. The molecule has 0 unspecified atom stereocenters. The SMILES string of the molecule is COc1cccc(C(=O)NCC(=O)N2CCC(S(=O)(=O)CC(C)C)CC2)c1. The fourth-order valence-corrected chi connectivity index (χ4v) is 5.33. The number of hydrogen-bond acceptors (Lipinski definition) is 5. The average molecular weight is 397 g/mol. The van der Waals surface area contributed by atoms with Crippen molar-refractivity contribution in [3.8, 4) is 5.75 Å². The van der Waals surface area contributed by atoms with Crippen LogP contribution in [0.1, 0.15) is 37.0 Å². The third kappa shape index (κ3) is 5.95. The third-order valence-corrected chi connectivity index (χ3v) is 7.22. The average Bonchev–Trinajstić information content (AvgIpc) is 2.65. The lowest BCUT2D eigenvalue weighted by Crippen LogP contribution is -2.46. The highest BCUT2D eigenvalue weighted by molar-refractivity contribution is 7.92. The van der Waals surface area contributed by atoms with Crippen molar-refractivity contribution in [3.05, 3.63) is 29.8 Å². The number of carbonyl (C=O) groups is 2. The van der Waals surface area contributed by atoms with Crippen molar-refractivity contribution < 1.29 is 22.7 Å². The topological polar surface area (TPSA) is 92.8 Å². The van der Waals surface area contributed by atoms with Crippen LogP contribution in [0, 0.1) is 5.92 Å². The van der Waals surface area contributed by atoms with Crippen LogP contribution in [-0.4, -0.2) is 62.9 Å². The summed E-state index contributed by atoms with van der Waals surface area (Å²) in [6, 6.07) is 6.69. The maximum Gasteiger partial charge on any atom is 0.251 e. The van der Waals surface area contributed by atoms with Crippen LogP contribution in [0.2, 0.25) is 0 Å². The summed E-state index contributed by atoms with van der Waals surface area (Å²) in [4.78, 5) is 26.1. The molecule has 1 fully saturated rings. The van der Waals surface area contributed by atoms with Gasteiger partial charge in [-0.1, -0.05) is 19.9 Å². The first-order valence-electron chi connectivity index (χ1n) is 9.14. The van der Waals surface area contributed by atoms with Crippen LogP contribution < -0.4 is 10.1 Å². The van der Waals surface area contributed by atoms with Crippen LogP contribution in [0.15, 0.2) is 24.3 Å². The molecule has 1 N–H and O–H groups in total. The number of likely N-dealkylation sites (tertiary alicyclic amines) is 1. The van der Waals surface area contributed by atoms with Crippen molar-refractivity contribution in [2.45, 2.75) is 31.9 Å². The van der Waals surface area contributed by atoms with Gasteiger partial charge in [-0.3, -0.25) is 9.59 Å². The van der Waals surface area contributed by atoms with E-state index in [9.17, 15) is 18.0 Å². The molecule has 2 rings (SSSR count). The molecule has 0 atom stereocenters. The predicted octanol–water partition coefficient (Wildman–Crippen LogP) is 1.49. The molecule has 1 aliphatic rings. The summed E-state index contributed by atoms with van der Waals surface area (Å²) >= 11 is 0. The molecular weight excluding hydrogens is 368 g/mol. The van der Waals surface area contributed by atoms with Gasteiger partial charge in [-0.05, 0) is 37.0 Å². The Kier molecular flexibility index (Phi) is 7.24. The first kappa shape index (κ1) is 21.2. The van der Waals surface area contributed by atoms with Gasteiger partial charge >= 0.3 is 0 Å². The minimum absolute atomic E-state index is 0.0986. The summed E-state index contributed by atoms with van der Waals surface area (Å²) in [6.07, 6.45) is 0.898. The van der Waals surface area contributed by atoms with Crippen LogP contribution in [0.3, 0.4) is 0 Å². The summed E-state index contributed by atoms with van der Waals surface area (Å²) in [5, 5.41) is 2.23. The van der Waals surface area contributed by atoms with Crippen molar-refractivity contribution in [2.24, 2.45) is 5.92 Å². The quantitative estimate of drug-likeness (QED) is 0.754. The highest BCUT2D eigenvalue weighted by Crippen LogP contribution is 2.20. The maximum absolute atomic E-state index is 12.3. The molecule has 0 bridgehead atoms. The van der Waals surface area contributed by atoms with E-state index in [1.807, 2.05) is 13.8 Å². The minimum atomic E-state index is -3.12. The third-order valence-electron chi connectivity index (χ3n) is 4.60. The molecule has 1 heterocycles. The van der Waals surface area contributed by atoms with Gasteiger partial charge in [-0.2, -0.15) is 0 Å². The Labute approximate surface area is 161 Å². The zero-order valence-corrected chi connectivity index (χ0v) is 16.9. The molecule has 1 aromatic rings. The molecule has 0 saturated carbocycles. The molecule has 1 aliphatic heterocycles. The number of carbonyl (C=O) groups excluding carboxylic acids is 2. The summed E-state index contributed by atoms with van der Waals surface area (Å²) in [7, 11) is -1.60. The highest BCUT2D eigenvalue weighted by atomic mass is 32.2. The summed E-state index contributed by atoms with van der Waals surface area (Å²) in [5.41, 5.74) is 0.417. The zero-order chi connectivity index (χ0) is 20.0. The Morgan fingerprint density at radius 1 is 1.26 bits per heavy atom. The molecule has 2 amide bonds. The van der Waals surface area contributed by atoms with Crippen LogP contribution >= 0.6 is 0 Å². The first-order valence-corrected chi connectivity index (χ1v) is 10.9. The van der Waals surface area contributed by atoms with E-state index in [1.165, 1.54) is 7.11 Å². The number of nitrogens with one attached hydrogen (secondary N) is 1. The predicted molar refractivity (Wildman–Crippen MR) is 104 cm³/mol. The van der Waals surface area contributed by atoms with Crippen LogP contribution in [-0.2, 0) is 14.6 Å². The number of amides is 2. The second-order valence-corrected chi connectivity index (χ2v) is 9.54. The lowest BCUT2D eigenvalue weighted by molar-refractivity contribution is -0.130. The normalized spacial score (nSPS) is 15.6. The van der Waals surface area contributed by atoms with Crippen LogP contribution in [0.4, 0.5) is 0 Å². The van der Waals surface area contributed by atoms with Gasteiger partial charge in [0.1, 0.15) is 5.75 Å². The van der Waals surface area contributed by atoms with E-state index < -0.39 is 9.84 Å². The molecule has 0 aromatic heterocycles. The maximum atomic E-state index is 12.3. The Hall–Kier alpha value is -2.09. The molecule has 8 heteroatoms. The van der Waals surface area contributed by atoms with E-state index in [-0.39, 0.29) is 35.3 Å². The van der Waals surface area contributed by atoms with E-state index in [0.717, 1.165) is 0 Å². The second-order valence-electron chi connectivity index (χ2n) is 7.22. The zero-order valence-electron chi connectivity index (χ0n) is 16.1. The van der Waals surface area contributed by atoms with Crippen molar-refractivity contribution in [2.75, 3.05) is 32.5 Å². The van der Waals surface area contributed by atoms with Gasteiger partial charge in [0.15, 0.2) is 9.84 Å². The summed E-state index contributed by atoms with van der Waals surface area (Å²) < 4.78 is 29.7. The molecule has 0 aliphatic carbocycles. The molecule has 150 valence electrons. The Morgan fingerprint density at radius 3 is 2.52 bits per heavy atom. The molecule has 27 heavy (non-hydrogen) atoms. The van der Waals surface area contributed by atoms with Gasteiger partial charge in [0.2, 0.25) is 5.91 Å². The number of benzene rings is 1. The van der Waals surface area contributed by atoms with E-state index in [4.69, 9.17) is 4.74 Å². The fraction of sp³-hybridized carbons (Fsp3) is 0.579. The van der Waals surface area contributed by atoms with E-state index >= 15 is 0 Å². The standard InChI is InChI=1S/C19H28N2O5S/c1-14(2)13-27(24,25)17-7-9-21(10-8-17)18(22)12-20-19(23)15-5-4-6-16(11-15)26-3/h4-6,11,14,17H,7-10,12-13H2,1-3H3,(H,20,23). The van der Waals surface area contributed by atoms with Gasteiger partial charge < -0.3 is 15.0 Å². The van der Waals surface area contributed by atoms with Gasteiger partial charge in [0, 0.05) is 18.7 Å². The Morgan fingerprint density at radius 2 is 1.93 bits per heavy atom. The van der Waals surface area contributed by atoms with Crippen LogP contribution in [0.5, 0.6) is 5.75 Å². The van der Waals surface area contributed by atoms with Gasteiger partial charge in [0.25, 0.3) is 5.91 Å². The number of piperidine rings is 1.